The molecule has 2 rings (SSSR count). The lowest BCUT2D eigenvalue weighted by atomic mass is 9.91. The first-order chi connectivity index (χ1) is 7.70. The van der Waals surface area contributed by atoms with E-state index in [1.54, 1.807) is 0 Å². The molecule has 2 nitrogen and oxygen atoms in total. The molecule has 1 aliphatic heterocycles. The molecule has 0 saturated carbocycles. The van der Waals surface area contributed by atoms with E-state index < -0.39 is 0 Å². The number of hydrogen-bond donors (Lipinski definition) is 0. The van der Waals surface area contributed by atoms with Crippen LogP contribution in [0.5, 0.6) is 0 Å². The fourth-order valence-corrected chi connectivity index (χ4v) is 2.70. The van der Waals surface area contributed by atoms with E-state index in [2.05, 4.69) is 30.9 Å². The molecule has 16 heavy (non-hydrogen) atoms. The Morgan fingerprint density at radius 2 is 1.81 bits per heavy atom. The monoisotopic (exact) mass is 214 g/mol. The largest absolute Gasteiger partial charge is 0.370 e. The van der Waals surface area contributed by atoms with E-state index in [0.29, 0.717) is 0 Å². The molecule has 2 heteroatoms. The van der Waals surface area contributed by atoms with Gasteiger partial charge in [0.15, 0.2) is 0 Å². The van der Waals surface area contributed by atoms with Crippen LogP contribution in [0.4, 0.5) is 5.69 Å². The van der Waals surface area contributed by atoms with E-state index in [4.69, 9.17) is 5.26 Å². The lowest BCUT2D eigenvalue weighted by Gasteiger charge is -2.37. The van der Waals surface area contributed by atoms with Gasteiger partial charge in [0.2, 0.25) is 0 Å². The van der Waals surface area contributed by atoms with Crippen molar-refractivity contribution in [2.75, 3.05) is 18.0 Å². The van der Waals surface area contributed by atoms with Crippen molar-refractivity contribution >= 4 is 5.69 Å². The highest BCUT2D eigenvalue weighted by Crippen LogP contribution is 2.28. The molecule has 1 fully saturated rings. The van der Waals surface area contributed by atoms with Crippen LogP contribution >= 0.6 is 0 Å². The van der Waals surface area contributed by atoms with Gasteiger partial charge in [0.1, 0.15) is 6.07 Å². The van der Waals surface area contributed by atoms with Crippen LogP contribution in [-0.4, -0.2) is 13.1 Å². The summed E-state index contributed by atoms with van der Waals surface area (Å²) in [4.78, 5) is 2.36. The van der Waals surface area contributed by atoms with Crippen LogP contribution in [0.25, 0.3) is 0 Å². The molecule has 0 amide bonds. The molecule has 0 radical (unpaired) electrons. The van der Waals surface area contributed by atoms with Gasteiger partial charge in [0, 0.05) is 13.1 Å². The Balaban J connectivity index is 2.26. The minimum atomic E-state index is 0.718. The number of nitrogens with zero attached hydrogens (tertiary/aromatic N) is 2. The first kappa shape index (κ1) is 11.0. The Morgan fingerprint density at radius 3 is 2.44 bits per heavy atom. The van der Waals surface area contributed by atoms with E-state index in [9.17, 15) is 0 Å². The summed E-state index contributed by atoms with van der Waals surface area (Å²) in [6, 6.07) is 10.2. The van der Waals surface area contributed by atoms with E-state index >= 15 is 0 Å². The van der Waals surface area contributed by atoms with Crippen LogP contribution in [0.1, 0.15) is 25.8 Å². The number of para-hydroxylation sites is 1. The van der Waals surface area contributed by atoms with Crippen LogP contribution in [-0.2, 0) is 0 Å². The van der Waals surface area contributed by atoms with E-state index in [0.717, 1.165) is 36.2 Å². The maximum Gasteiger partial charge on any atom is 0.101 e. The second-order valence-electron chi connectivity index (χ2n) is 4.98. The van der Waals surface area contributed by atoms with Gasteiger partial charge in [-0.05, 0) is 30.4 Å². The predicted octanol–water partition coefficient (Wildman–Crippen LogP) is 3.04. The Morgan fingerprint density at radius 1 is 1.19 bits per heavy atom. The van der Waals surface area contributed by atoms with Crippen molar-refractivity contribution in [1.29, 1.82) is 5.26 Å². The molecule has 0 bridgehead atoms. The second kappa shape index (κ2) is 4.57. The van der Waals surface area contributed by atoms with Crippen molar-refractivity contribution in [2.45, 2.75) is 20.3 Å². The van der Waals surface area contributed by atoms with Crippen LogP contribution in [0.3, 0.4) is 0 Å². The maximum atomic E-state index is 9.10. The molecule has 0 unspecified atom stereocenters. The van der Waals surface area contributed by atoms with Gasteiger partial charge in [-0.15, -0.1) is 0 Å². The highest BCUT2D eigenvalue weighted by atomic mass is 15.1. The molecule has 0 spiro atoms. The SMILES string of the molecule is C[C@@H]1C[C@H](C)CN(c2ccccc2C#N)C1. The summed E-state index contributed by atoms with van der Waals surface area (Å²) in [6.45, 7) is 6.72. The van der Waals surface area contributed by atoms with Gasteiger partial charge < -0.3 is 4.90 Å². The fourth-order valence-electron chi connectivity index (χ4n) is 2.70. The molecule has 1 aromatic rings. The molecule has 0 aromatic heterocycles. The quantitative estimate of drug-likeness (QED) is 0.718. The highest BCUT2D eigenvalue weighted by molar-refractivity contribution is 5.59. The van der Waals surface area contributed by atoms with Gasteiger partial charge >= 0.3 is 0 Å². The molecule has 0 N–H and O–H groups in total. The Labute approximate surface area is 97.5 Å². The molecule has 2 atom stereocenters. The van der Waals surface area contributed by atoms with E-state index in [-0.39, 0.29) is 0 Å². The Hall–Kier alpha value is -1.49. The van der Waals surface area contributed by atoms with Crippen molar-refractivity contribution in [3.63, 3.8) is 0 Å². The third-order valence-corrected chi connectivity index (χ3v) is 3.23. The summed E-state index contributed by atoms with van der Waals surface area (Å²) in [5, 5.41) is 9.10. The maximum absolute atomic E-state index is 9.10. The summed E-state index contributed by atoms with van der Waals surface area (Å²) >= 11 is 0. The van der Waals surface area contributed by atoms with Gasteiger partial charge in [-0.25, -0.2) is 0 Å². The average molecular weight is 214 g/mol. The lowest BCUT2D eigenvalue weighted by molar-refractivity contribution is 0.357. The molecule has 0 aliphatic carbocycles. The van der Waals surface area contributed by atoms with Crippen LogP contribution in [0, 0.1) is 23.2 Å². The van der Waals surface area contributed by atoms with E-state index in [1.165, 1.54) is 6.42 Å². The van der Waals surface area contributed by atoms with Crippen molar-refractivity contribution in [2.24, 2.45) is 11.8 Å². The molecule has 1 aliphatic rings. The number of hydrogen-bond acceptors (Lipinski definition) is 2. The molecular formula is C14H18N2. The zero-order valence-electron chi connectivity index (χ0n) is 9.98. The van der Waals surface area contributed by atoms with E-state index in [1.807, 2.05) is 18.2 Å². The molecule has 1 saturated heterocycles. The summed E-state index contributed by atoms with van der Waals surface area (Å²) in [6.07, 6.45) is 1.30. The summed E-state index contributed by atoms with van der Waals surface area (Å²) in [5.74, 6) is 1.44. The predicted molar refractivity (Wildman–Crippen MR) is 66.3 cm³/mol. The minimum absolute atomic E-state index is 0.718. The van der Waals surface area contributed by atoms with Gasteiger partial charge in [0.25, 0.3) is 0 Å². The average Bonchev–Trinajstić information content (AvgIpc) is 2.27. The lowest BCUT2D eigenvalue weighted by Crippen LogP contribution is -2.39. The summed E-state index contributed by atoms with van der Waals surface area (Å²) in [7, 11) is 0. The van der Waals surface area contributed by atoms with Crippen molar-refractivity contribution in [3.05, 3.63) is 29.8 Å². The molecule has 84 valence electrons. The third kappa shape index (κ3) is 2.19. The van der Waals surface area contributed by atoms with Gasteiger partial charge in [-0.3, -0.25) is 0 Å². The van der Waals surface area contributed by atoms with Gasteiger partial charge in [0.05, 0.1) is 11.3 Å². The third-order valence-electron chi connectivity index (χ3n) is 3.23. The zero-order valence-corrected chi connectivity index (χ0v) is 9.98. The van der Waals surface area contributed by atoms with Crippen molar-refractivity contribution < 1.29 is 0 Å². The second-order valence-corrected chi connectivity index (χ2v) is 4.98. The highest BCUT2D eigenvalue weighted by Gasteiger charge is 2.23. The molecular weight excluding hydrogens is 196 g/mol. The van der Waals surface area contributed by atoms with Gasteiger partial charge in [-0.2, -0.15) is 5.26 Å². The van der Waals surface area contributed by atoms with Gasteiger partial charge in [-0.1, -0.05) is 26.0 Å². The number of benzene rings is 1. The topological polar surface area (TPSA) is 27.0 Å². The Bertz CT molecular complexity index is 395. The molecule has 1 aromatic carbocycles. The number of anilines is 1. The standard InChI is InChI=1S/C14H18N2/c1-11-7-12(2)10-16(9-11)14-6-4-3-5-13(14)8-15/h3-6,11-12H,7,9-10H2,1-2H3/t11-,12+. The first-order valence-corrected chi connectivity index (χ1v) is 5.94. The number of piperidine rings is 1. The smallest absolute Gasteiger partial charge is 0.101 e. The first-order valence-electron chi connectivity index (χ1n) is 5.94. The number of rotatable bonds is 1. The van der Waals surface area contributed by atoms with Crippen molar-refractivity contribution in [3.8, 4) is 6.07 Å². The summed E-state index contributed by atoms with van der Waals surface area (Å²) < 4.78 is 0. The Kier molecular flexibility index (Phi) is 3.14. The van der Waals surface area contributed by atoms with Crippen LogP contribution in [0.2, 0.25) is 0 Å². The van der Waals surface area contributed by atoms with Crippen LogP contribution < -0.4 is 4.90 Å². The zero-order chi connectivity index (χ0) is 11.5. The molecule has 1 heterocycles. The van der Waals surface area contributed by atoms with Crippen LogP contribution in [0.15, 0.2) is 24.3 Å². The van der Waals surface area contributed by atoms with Crippen molar-refractivity contribution in [1.82, 2.24) is 0 Å². The normalized spacial score (nSPS) is 25.2. The number of nitriles is 1. The fraction of sp³-hybridized carbons (Fsp3) is 0.500. The summed E-state index contributed by atoms with van der Waals surface area (Å²) in [5.41, 5.74) is 1.90. The minimum Gasteiger partial charge on any atom is -0.370 e.